The maximum absolute atomic E-state index is 15.4. The highest BCUT2D eigenvalue weighted by molar-refractivity contribution is 5.99. The summed E-state index contributed by atoms with van der Waals surface area (Å²) in [5.41, 5.74) is 4.11. The molecular weight excluding hydrogens is 405 g/mol. The first-order valence-corrected chi connectivity index (χ1v) is 9.80. The minimum atomic E-state index is -3.17. The van der Waals surface area contributed by atoms with Gasteiger partial charge in [-0.25, -0.2) is 18.0 Å². The molecule has 1 aliphatic heterocycles. The summed E-state index contributed by atoms with van der Waals surface area (Å²) in [6.07, 6.45) is -0.876. The van der Waals surface area contributed by atoms with Gasteiger partial charge in [0, 0.05) is 31.5 Å². The Balaban J connectivity index is 1.73. The summed E-state index contributed by atoms with van der Waals surface area (Å²) < 4.78 is 49.9. The van der Waals surface area contributed by atoms with E-state index in [1.54, 1.807) is 0 Å². The van der Waals surface area contributed by atoms with Crippen molar-refractivity contribution in [2.45, 2.75) is 37.3 Å². The van der Waals surface area contributed by atoms with Crippen molar-refractivity contribution < 1.29 is 23.0 Å². The van der Waals surface area contributed by atoms with Crippen LogP contribution in [-0.4, -0.2) is 46.9 Å². The van der Waals surface area contributed by atoms with E-state index in [-0.39, 0.29) is 41.5 Å². The Morgan fingerprint density at radius 1 is 1.27 bits per heavy atom. The molecule has 1 saturated heterocycles. The first-order chi connectivity index (χ1) is 14.2. The monoisotopic (exact) mass is 426 g/mol. The number of nitrogens with zero attached hydrogens (tertiary/aromatic N) is 2. The van der Waals surface area contributed by atoms with Crippen LogP contribution < -0.4 is 26.6 Å². The molecule has 0 bridgehead atoms. The number of aromatic nitrogens is 2. The van der Waals surface area contributed by atoms with Crippen molar-refractivity contribution in [1.29, 1.82) is 0 Å². The molecule has 1 aromatic carbocycles. The number of rotatable bonds is 3. The van der Waals surface area contributed by atoms with E-state index in [0.717, 1.165) is 0 Å². The van der Waals surface area contributed by atoms with E-state index in [9.17, 15) is 23.5 Å². The normalized spacial score (nSPS) is 27.6. The van der Waals surface area contributed by atoms with Gasteiger partial charge in [0.2, 0.25) is 0 Å². The Bertz CT molecular complexity index is 1170. The fourth-order valence-corrected chi connectivity index (χ4v) is 5.06. The highest BCUT2D eigenvalue weighted by Gasteiger charge is 2.58. The molecule has 5 rings (SSSR count). The number of hydrogen-bond acceptors (Lipinski definition) is 6. The lowest BCUT2D eigenvalue weighted by Gasteiger charge is -2.27. The van der Waals surface area contributed by atoms with Gasteiger partial charge in [0.05, 0.1) is 18.2 Å². The third-order valence-corrected chi connectivity index (χ3v) is 6.58. The molecule has 8 nitrogen and oxygen atoms in total. The minimum absolute atomic E-state index is 0.0174. The number of halogens is 3. The zero-order valence-corrected chi connectivity index (χ0v) is 16.1. The lowest BCUT2D eigenvalue weighted by molar-refractivity contribution is -0.0973. The zero-order valence-electron chi connectivity index (χ0n) is 16.1. The number of methoxy groups -OCH3 is 1. The number of H-pyrrole nitrogens is 1. The second-order valence-electron chi connectivity index (χ2n) is 8.43. The number of nitrogen functional groups attached to an aromatic ring is 1. The number of ether oxygens (including phenoxy) is 1. The first kappa shape index (κ1) is 19.3. The highest BCUT2D eigenvalue weighted by atomic mass is 19.3. The van der Waals surface area contributed by atoms with Crippen molar-refractivity contribution in [3.05, 3.63) is 26.7 Å². The molecule has 2 heterocycles. The second kappa shape index (κ2) is 6.16. The van der Waals surface area contributed by atoms with Crippen LogP contribution in [-0.2, 0) is 0 Å². The molecule has 30 heavy (non-hydrogen) atoms. The van der Waals surface area contributed by atoms with E-state index in [1.165, 1.54) is 16.6 Å². The minimum Gasteiger partial charge on any atom is -0.492 e. The average molecular weight is 426 g/mol. The molecule has 0 radical (unpaired) electrons. The van der Waals surface area contributed by atoms with Crippen LogP contribution in [0.3, 0.4) is 0 Å². The summed E-state index contributed by atoms with van der Waals surface area (Å²) in [4.78, 5) is 28.6. The molecule has 3 unspecified atom stereocenters. The lowest BCUT2D eigenvalue weighted by atomic mass is 9.99. The van der Waals surface area contributed by atoms with Crippen molar-refractivity contribution in [1.82, 2.24) is 9.55 Å². The van der Waals surface area contributed by atoms with Gasteiger partial charge in [0.1, 0.15) is 17.3 Å². The van der Waals surface area contributed by atoms with Crippen LogP contribution in [0.1, 0.15) is 25.3 Å². The average Bonchev–Trinajstić information content (AvgIpc) is 3.38. The Kier molecular flexibility index (Phi) is 3.96. The molecule has 3 atom stereocenters. The SMILES string of the molecule is COc1c(N2CC3CC(F)(F)C(O)C3C2)c(F)c(N)c2c(=O)[nH]c(=O)n(C3CC3)c12. The summed E-state index contributed by atoms with van der Waals surface area (Å²) in [5, 5.41) is 9.82. The van der Waals surface area contributed by atoms with E-state index in [4.69, 9.17) is 10.5 Å². The van der Waals surface area contributed by atoms with Crippen LogP contribution in [0.5, 0.6) is 5.75 Å². The Labute approximate surface area is 168 Å². The summed E-state index contributed by atoms with van der Waals surface area (Å²) in [6.45, 7) is 0.0584. The predicted molar refractivity (Wildman–Crippen MR) is 103 cm³/mol. The number of aromatic amines is 1. The third kappa shape index (κ3) is 2.50. The summed E-state index contributed by atoms with van der Waals surface area (Å²) in [7, 11) is 1.29. The third-order valence-electron chi connectivity index (χ3n) is 6.58. The lowest BCUT2D eigenvalue weighted by Crippen LogP contribution is -2.36. The fraction of sp³-hybridized carbons (Fsp3) is 0.579. The van der Waals surface area contributed by atoms with Crippen LogP contribution in [0.4, 0.5) is 24.5 Å². The second-order valence-corrected chi connectivity index (χ2v) is 8.43. The Morgan fingerprint density at radius 3 is 2.57 bits per heavy atom. The largest absolute Gasteiger partial charge is 0.492 e. The standard InChI is InChI=1S/C19H21F3N4O4/c1-30-15-13-10(17(28)24-18(29)26(13)8-2-3-8)12(23)11(20)14(15)25-5-7-4-19(21,22)16(27)9(7)6-25/h7-9,16,27H,2-6,23H2,1H3,(H,24,28,29). The van der Waals surface area contributed by atoms with Crippen LogP contribution in [0.25, 0.3) is 10.9 Å². The smallest absolute Gasteiger partial charge is 0.329 e. The van der Waals surface area contributed by atoms with Gasteiger partial charge in [-0.15, -0.1) is 0 Å². The number of fused-ring (bicyclic) bond motifs is 2. The molecule has 2 aliphatic carbocycles. The van der Waals surface area contributed by atoms with Crippen LogP contribution in [0.15, 0.2) is 9.59 Å². The van der Waals surface area contributed by atoms with E-state index in [1.807, 2.05) is 0 Å². The molecular formula is C19H21F3N4O4. The fourth-order valence-electron chi connectivity index (χ4n) is 5.06. The molecule has 3 fully saturated rings. The molecule has 11 heteroatoms. The van der Waals surface area contributed by atoms with Crippen molar-refractivity contribution in [3.63, 3.8) is 0 Å². The van der Waals surface area contributed by atoms with Crippen LogP contribution in [0.2, 0.25) is 0 Å². The molecule has 2 aromatic rings. The summed E-state index contributed by atoms with van der Waals surface area (Å²) >= 11 is 0. The molecule has 1 aromatic heterocycles. The van der Waals surface area contributed by atoms with Gasteiger partial charge in [-0.05, 0) is 18.8 Å². The van der Waals surface area contributed by atoms with Crippen LogP contribution in [0, 0.1) is 17.7 Å². The summed E-state index contributed by atoms with van der Waals surface area (Å²) in [6, 6.07) is -0.165. The van der Waals surface area contributed by atoms with Crippen molar-refractivity contribution in [2.24, 2.45) is 11.8 Å². The number of nitrogens with two attached hydrogens (primary N) is 1. The molecule has 0 spiro atoms. The Morgan fingerprint density at radius 2 is 1.97 bits per heavy atom. The van der Waals surface area contributed by atoms with Gasteiger partial charge in [0.25, 0.3) is 11.5 Å². The van der Waals surface area contributed by atoms with Gasteiger partial charge < -0.3 is 20.5 Å². The maximum atomic E-state index is 15.4. The van der Waals surface area contributed by atoms with E-state index in [2.05, 4.69) is 4.98 Å². The topological polar surface area (TPSA) is 114 Å². The maximum Gasteiger partial charge on any atom is 0.329 e. The van der Waals surface area contributed by atoms with E-state index >= 15 is 4.39 Å². The van der Waals surface area contributed by atoms with E-state index < -0.39 is 53.0 Å². The number of aliphatic hydroxyl groups is 1. The van der Waals surface area contributed by atoms with E-state index in [0.29, 0.717) is 12.8 Å². The number of benzene rings is 1. The predicted octanol–water partition coefficient (Wildman–Crippen LogP) is 1.21. The first-order valence-electron chi connectivity index (χ1n) is 9.80. The van der Waals surface area contributed by atoms with Crippen molar-refractivity contribution >= 4 is 22.3 Å². The molecule has 162 valence electrons. The van der Waals surface area contributed by atoms with Gasteiger partial charge in [-0.2, -0.15) is 0 Å². The molecule has 3 aliphatic rings. The van der Waals surface area contributed by atoms with Gasteiger partial charge >= 0.3 is 5.69 Å². The van der Waals surface area contributed by atoms with Crippen LogP contribution >= 0.6 is 0 Å². The highest BCUT2D eigenvalue weighted by Crippen LogP contribution is 2.51. The zero-order chi connectivity index (χ0) is 21.5. The Hall–Kier alpha value is -2.69. The van der Waals surface area contributed by atoms with Crippen molar-refractivity contribution in [3.8, 4) is 5.75 Å². The van der Waals surface area contributed by atoms with Gasteiger partial charge in [0.15, 0.2) is 11.6 Å². The molecule has 4 N–H and O–H groups in total. The molecule has 2 saturated carbocycles. The number of aliphatic hydroxyl groups excluding tert-OH is 1. The number of hydrogen-bond donors (Lipinski definition) is 3. The quantitative estimate of drug-likeness (QED) is 0.636. The van der Waals surface area contributed by atoms with Gasteiger partial charge in [-0.3, -0.25) is 14.3 Å². The number of alkyl halides is 2. The number of anilines is 2. The van der Waals surface area contributed by atoms with Crippen molar-refractivity contribution in [2.75, 3.05) is 30.8 Å². The van der Waals surface area contributed by atoms with Gasteiger partial charge in [-0.1, -0.05) is 0 Å². The summed E-state index contributed by atoms with van der Waals surface area (Å²) in [5.74, 6) is -5.38. The number of nitrogens with one attached hydrogen (secondary N) is 1. The molecule has 0 amide bonds.